The maximum atomic E-state index is 11.3. The highest BCUT2D eigenvalue weighted by Crippen LogP contribution is 2.07. The number of rotatable bonds is 4. The number of unbranched alkanes of at least 4 members (excludes halogenated alkanes) is 1. The molecular formula is C10H12ClNO2. The number of aromatic nitrogens is 1. The van der Waals surface area contributed by atoms with Crippen molar-refractivity contribution in [2.45, 2.75) is 19.8 Å². The highest BCUT2D eigenvalue weighted by molar-refractivity contribution is 6.30. The molecule has 0 bridgehead atoms. The van der Waals surface area contributed by atoms with Crippen LogP contribution in [0.25, 0.3) is 0 Å². The number of carbonyl (C=O) groups is 1. The van der Waals surface area contributed by atoms with E-state index in [0.29, 0.717) is 17.3 Å². The smallest absolute Gasteiger partial charge is 0.356 e. The molecule has 0 aromatic carbocycles. The predicted octanol–water partition coefficient (Wildman–Crippen LogP) is 2.69. The van der Waals surface area contributed by atoms with Crippen molar-refractivity contribution in [1.82, 2.24) is 4.98 Å². The molecule has 0 aliphatic rings. The number of carbonyl (C=O) groups excluding carboxylic acids is 1. The third-order valence-corrected chi connectivity index (χ3v) is 1.89. The maximum absolute atomic E-state index is 11.3. The van der Waals surface area contributed by atoms with Gasteiger partial charge < -0.3 is 4.74 Å². The number of pyridine rings is 1. The molecule has 0 radical (unpaired) electrons. The molecule has 4 heteroatoms. The summed E-state index contributed by atoms with van der Waals surface area (Å²) >= 11 is 5.63. The lowest BCUT2D eigenvalue weighted by molar-refractivity contribution is 0.0493. The van der Waals surface area contributed by atoms with Crippen LogP contribution >= 0.6 is 11.6 Å². The van der Waals surface area contributed by atoms with E-state index in [4.69, 9.17) is 16.3 Å². The average Bonchev–Trinajstić information content (AvgIpc) is 2.19. The first-order chi connectivity index (χ1) is 6.74. The molecule has 1 aromatic rings. The first-order valence-electron chi connectivity index (χ1n) is 4.52. The highest BCUT2D eigenvalue weighted by Gasteiger charge is 2.07. The van der Waals surface area contributed by atoms with Gasteiger partial charge in [-0.05, 0) is 18.6 Å². The number of ether oxygens (including phenoxy) is 1. The summed E-state index contributed by atoms with van der Waals surface area (Å²) in [6.45, 7) is 2.48. The van der Waals surface area contributed by atoms with Crippen LogP contribution in [0.5, 0.6) is 0 Å². The molecule has 0 N–H and O–H groups in total. The molecule has 0 spiro atoms. The Bertz CT molecular complexity index is 297. The molecule has 76 valence electrons. The summed E-state index contributed by atoms with van der Waals surface area (Å²) in [5.41, 5.74) is 0.297. The largest absolute Gasteiger partial charge is 0.461 e. The topological polar surface area (TPSA) is 39.2 Å². The summed E-state index contributed by atoms with van der Waals surface area (Å²) in [6.07, 6.45) is 3.30. The van der Waals surface area contributed by atoms with Gasteiger partial charge in [0.25, 0.3) is 0 Å². The molecule has 0 fully saturated rings. The third kappa shape index (κ3) is 3.34. The number of hydrogen-bond donors (Lipinski definition) is 0. The Hall–Kier alpha value is -1.09. The van der Waals surface area contributed by atoms with E-state index >= 15 is 0 Å². The summed E-state index contributed by atoms with van der Waals surface area (Å²) < 4.78 is 4.96. The monoisotopic (exact) mass is 213 g/mol. The van der Waals surface area contributed by atoms with Gasteiger partial charge in [-0.15, -0.1) is 0 Å². The van der Waals surface area contributed by atoms with Gasteiger partial charge in [0, 0.05) is 6.20 Å². The Kier molecular flexibility index (Phi) is 4.40. The van der Waals surface area contributed by atoms with Crippen LogP contribution in [0.1, 0.15) is 30.3 Å². The summed E-state index contributed by atoms with van der Waals surface area (Å²) in [5.74, 6) is -0.393. The Morgan fingerprint density at radius 2 is 2.36 bits per heavy atom. The van der Waals surface area contributed by atoms with Crippen molar-refractivity contribution >= 4 is 17.6 Å². The van der Waals surface area contributed by atoms with E-state index in [2.05, 4.69) is 4.98 Å². The summed E-state index contributed by atoms with van der Waals surface area (Å²) in [5, 5.41) is 0.509. The van der Waals surface area contributed by atoms with Gasteiger partial charge in [-0.3, -0.25) is 0 Å². The molecular weight excluding hydrogens is 202 g/mol. The number of halogens is 1. The van der Waals surface area contributed by atoms with Gasteiger partial charge in [-0.25, -0.2) is 9.78 Å². The molecule has 0 atom stereocenters. The fourth-order valence-electron chi connectivity index (χ4n) is 0.880. The Morgan fingerprint density at radius 1 is 1.57 bits per heavy atom. The number of nitrogens with zero attached hydrogens (tertiary/aromatic N) is 1. The minimum Gasteiger partial charge on any atom is -0.461 e. The van der Waals surface area contributed by atoms with E-state index in [9.17, 15) is 4.79 Å². The second-order valence-corrected chi connectivity index (χ2v) is 3.29. The Morgan fingerprint density at radius 3 is 2.93 bits per heavy atom. The molecule has 0 aliphatic heterocycles. The van der Waals surface area contributed by atoms with Crippen LogP contribution in [0.3, 0.4) is 0 Å². The first kappa shape index (κ1) is 11.0. The first-order valence-corrected chi connectivity index (χ1v) is 4.90. The van der Waals surface area contributed by atoms with Crippen LogP contribution in [-0.2, 0) is 4.74 Å². The molecule has 1 aromatic heterocycles. The van der Waals surface area contributed by atoms with Crippen LogP contribution in [-0.4, -0.2) is 17.6 Å². The molecule has 0 saturated carbocycles. The van der Waals surface area contributed by atoms with E-state index in [0.717, 1.165) is 12.8 Å². The maximum Gasteiger partial charge on any atom is 0.356 e. The fourth-order valence-corrected chi connectivity index (χ4v) is 0.991. The molecule has 0 saturated heterocycles. The fraction of sp³-hybridized carbons (Fsp3) is 0.400. The van der Waals surface area contributed by atoms with Crippen LogP contribution in [0.15, 0.2) is 18.3 Å². The standard InChI is InChI=1S/C10H12ClNO2/c1-2-3-6-14-10(13)9-5-4-8(11)7-12-9/h4-5,7H,2-3,6H2,1H3. The van der Waals surface area contributed by atoms with E-state index < -0.39 is 5.97 Å². The Balaban J connectivity index is 2.48. The van der Waals surface area contributed by atoms with Gasteiger partial charge >= 0.3 is 5.97 Å². The average molecular weight is 214 g/mol. The normalized spacial score (nSPS) is 9.86. The molecule has 0 unspecified atom stereocenters. The quantitative estimate of drug-likeness (QED) is 0.570. The second-order valence-electron chi connectivity index (χ2n) is 2.85. The zero-order chi connectivity index (χ0) is 10.4. The van der Waals surface area contributed by atoms with Crippen molar-refractivity contribution in [2.24, 2.45) is 0 Å². The van der Waals surface area contributed by atoms with E-state index in [-0.39, 0.29) is 0 Å². The highest BCUT2D eigenvalue weighted by atomic mass is 35.5. The third-order valence-electron chi connectivity index (χ3n) is 1.67. The number of hydrogen-bond acceptors (Lipinski definition) is 3. The van der Waals surface area contributed by atoms with Crippen LogP contribution in [0, 0.1) is 0 Å². The molecule has 1 rings (SSSR count). The van der Waals surface area contributed by atoms with E-state index in [1.54, 1.807) is 12.1 Å². The van der Waals surface area contributed by atoms with Crippen LogP contribution in [0.4, 0.5) is 0 Å². The molecule has 3 nitrogen and oxygen atoms in total. The number of esters is 1. The van der Waals surface area contributed by atoms with Gasteiger partial charge in [-0.2, -0.15) is 0 Å². The molecule has 0 aliphatic carbocycles. The van der Waals surface area contributed by atoms with Crippen molar-refractivity contribution in [3.8, 4) is 0 Å². The van der Waals surface area contributed by atoms with Crippen molar-refractivity contribution in [1.29, 1.82) is 0 Å². The molecule has 1 heterocycles. The van der Waals surface area contributed by atoms with Gasteiger partial charge in [0.05, 0.1) is 11.6 Å². The van der Waals surface area contributed by atoms with E-state index in [1.165, 1.54) is 6.20 Å². The zero-order valence-corrected chi connectivity index (χ0v) is 8.75. The summed E-state index contributed by atoms with van der Waals surface area (Å²) in [7, 11) is 0. The van der Waals surface area contributed by atoms with Gasteiger partial charge in [-0.1, -0.05) is 24.9 Å². The van der Waals surface area contributed by atoms with Crippen molar-refractivity contribution < 1.29 is 9.53 Å². The predicted molar refractivity (Wildman–Crippen MR) is 54.4 cm³/mol. The summed E-state index contributed by atoms with van der Waals surface area (Å²) in [6, 6.07) is 3.17. The lowest BCUT2D eigenvalue weighted by atomic mass is 10.3. The van der Waals surface area contributed by atoms with Crippen molar-refractivity contribution in [3.63, 3.8) is 0 Å². The Labute approximate surface area is 88.1 Å². The lowest BCUT2D eigenvalue weighted by Gasteiger charge is -2.02. The van der Waals surface area contributed by atoms with Crippen molar-refractivity contribution in [3.05, 3.63) is 29.0 Å². The minimum absolute atomic E-state index is 0.297. The van der Waals surface area contributed by atoms with Crippen LogP contribution < -0.4 is 0 Å². The minimum atomic E-state index is -0.393. The second kappa shape index (κ2) is 5.60. The van der Waals surface area contributed by atoms with Crippen molar-refractivity contribution in [2.75, 3.05) is 6.61 Å². The lowest BCUT2D eigenvalue weighted by Crippen LogP contribution is -2.07. The molecule has 14 heavy (non-hydrogen) atoms. The van der Waals surface area contributed by atoms with Gasteiger partial charge in [0.15, 0.2) is 0 Å². The SMILES string of the molecule is CCCCOC(=O)c1ccc(Cl)cn1. The van der Waals surface area contributed by atoms with E-state index in [1.807, 2.05) is 6.92 Å². The van der Waals surface area contributed by atoms with Gasteiger partial charge in [0.1, 0.15) is 5.69 Å². The molecule has 0 amide bonds. The van der Waals surface area contributed by atoms with Gasteiger partial charge in [0.2, 0.25) is 0 Å². The summed E-state index contributed by atoms with van der Waals surface area (Å²) in [4.78, 5) is 15.2. The van der Waals surface area contributed by atoms with Crippen LogP contribution in [0.2, 0.25) is 5.02 Å². The zero-order valence-electron chi connectivity index (χ0n) is 8.00.